The number of likely N-dealkylation sites (tertiary alicyclic amines) is 1. The average molecular weight is 265 g/mol. The number of hydrogen-bond acceptors (Lipinski definition) is 4. The van der Waals surface area contributed by atoms with Crippen LogP contribution in [-0.4, -0.2) is 33.0 Å². The molecule has 1 aliphatic heterocycles. The fourth-order valence-corrected chi connectivity index (χ4v) is 4.04. The highest BCUT2D eigenvalue weighted by atomic mass is 32.1. The maximum atomic E-state index is 12.5. The number of fused-ring (bicyclic) bond motifs is 1. The van der Waals surface area contributed by atoms with E-state index in [0.29, 0.717) is 16.8 Å². The van der Waals surface area contributed by atoms with Crippen molar-refractivity contribution in [2.75, 3.05) is 6.54 Å². The Hall–Kier alpha value is -0.970. The van der Waals surface area contributed by atoms with Gasteiger partial charge in [-0.05, 0) is 42.6 Å². The van der Waals surface area contributed by atoms with Crippen molar-refractivity contribution in [1.29, 1.82) is 0 Å². The van der Waals surface area contributed by atoms with Crippen LogP contribution in [0.15, 0.2) is 6.20 Å². The fourth-order valence-electron chi connectivity index (χ4n) is 3.57. The summed E-state index contributed by atoms with van der Waals surface area (Å²) in [4.78, 5) is 15.3. The predicted molar refractivity (Wildman–Crippen MR) is 70.5 cm³/mol. The van der Waals surface area contributed by atoms with Crippen LogP contribution in [-0.2, 0) is 0 Å². The SMILES string of the molecule is C[C@@H]1CCN(C(=O)c2cnns2)[C@@H]2CCCC[C@H]12. The molecule has 1 saturated heterocycles. The molecule has 0 bridgehead atoms. The largest absolute Gasteiger partial charge is 0.335 e. The number of carbonyl (C=O) groups is 1. The van der Waals surface area contributed by atoms with E-state index in [2.05, 4.69) is 21.4 Å². The molecule has 1 aromatic rings. The Kier molecular flexibility index (Phi) is 3.33. The molecule has 0 radical (unpaired) electrons. The highest BCUT2D eigenvalue weighted by Crippen LogP contribution is 2.39. The Balaban J connectivity index is 1.81. The third-order valence-corrected chi connectivity index (χ3v) is 5.22. The topological polar surface area (TPSA) is 46.1 Å². The first-order valence-corrected chi connectivity index (χ1v) is 7.63. The summed E-state index contributed by atoms with van der Waals surface area (Å²) in [5, 5.41) is 3.78. The van der Waals surface area contributed by atoms with Crippen LogP contribution in [0.3, 0.4) is 0 Å². The zero-order valence-corrected chi connectivity index (χ0v) is 11.5. The van der Waals surface area contributed by atoms with E-state index in [9.17, 15) is 4.79 Å². The molecule has 4 nitrogen and oxygen atoms in total. The summed E-state index contributed by atoms with van der Waals surface area (Å²) in [7, 11) is 0. The molecule has 3 rings (SSSR count). The van der Waals surface area contributed by atoms with Gasteiger partial charge in [0.05, 0.1) is 6.20 Å². The normalized spacial score (nSPS) is 32.1. The molecule has 98 valence electrons. The maximum Gasteiger partial charge on any atom is 0.267 e. The molecular weight excluding hydrogens is 246 g/mol. The third kappa shape index (κ3) is 2.05. The first-order chi connectivity index (χ1) is 8.77. The smallest absolute Gasteiger partial charge is 0.267 e. The van der Waals surface area contributed by atoms with Crippen molar-refractivity contribution < 1.29 is 4.79 Å². The standard InChI is InChI=1S/C13H19N3OS/c1-9-6-7-16(11-5-3-2-4-10(9)11)13(17)12-8-14-15-18-12/h8-11H,2-7H2,1H3/t9-,10-,11-/m1/s1. The van der Waals surface area contributed by atoms with Gasteiger partial charge >= 0.3 is 0 Å². The van der Waals surface area contributed by atoms with E-state index in [1.54, 1.807) is 6.20 Å². The Morgan fingerprint density at radius 3 is 3.00 bits per heavy atom. The second kappa shape index (κ2) is 4.96. The molecule has 18 heavy (non-hydrogen) atoms. The van der Waals surface area contributed by atoms with Crippen LogP contribution < -0.4 is 0 Å². The lowest BCUT2D eigenvalue weighted by atomic mass is 9.72. The van der Waals surface area contributed by atoms with Crippen LogP contribution in [0.25, 0.3) is 0 Å². The molecule has 0 spiro atoms. The molecule has 3 atom stereocenters. The average Bonchev–Trinajstić information content (AvgIpc) is 2.93. The van der Waals surface area contributed by atoms with Crippen LogP contribution >= 0.6 is 11.5 Å². The minimum absolute atomic E-state index is 0.147. The molecule has 1 amide bonds. The quantitative estimate of drug-likeness (QED) is 0.784. The summed E-state index contributed by atoms with van der Waals surface area (Å²) < 4.78 is 3.80. The van der Waals surface area contributed by atoms with E-state index in [4.69, 9.17) is 0 Å². The Morgan fingerprint density at radius 1 is 1.39 bits per heavy atom. The number of hydrogen-bond donors (Lipinski definition) is 0. The number of rotatable bonds is 1. The molecule has 1 saturated carbocycles. The molecule has 5 heteroatoms. The first kappa shape index (κ1) is 12.1. The van der Waals surface area contributed by atoms with E-state index in [-0.39, 0.29) is 5.91 Å². The number of piperidine rings is 1. The number of aromatic nitrogens is 2. The van der Waals surface area contributed by atoms with E-state index >= 15 is 0 Å². The van der Waals surface area contributed by atoms with Gasteiger partial charge in [0, 0.05) is 12.6 Å². The van der Waals surface area contributed by atoms with Gasteiger partial charge in [-0.3, -0.25) is 4.79 Å². The molecule has 2 aliphatic rings. The van der Waals surface area contributed by atoms with Gasteiger partial charge in [0.1, 0.15) is 4.88 Å². The molecular formula is C13H19N3OS. The van der Waals surface area contributed by atoms with Crippen molar-refractivity contribution >= 4 is 17.4 Å². The second-order valence-electron chi connectivity index (χ2n) is 5.56. The summed E-state index contributed by atoms with van der Waals surface area (Å²) in [5.74, 6) is 1.62. The number of amides is 1. The molecule has 1 aromatic heterocycles. The van der Waals surface area contributed by atoms with Crippen molar-refractivity contribution in [2.24, 2.45) is 11.8 Å². The molecule has 0 aromatic carbocycles. The van der Waals surface area contributed by atoms with Crippen LogP contribution in [0.4, 0.5) is 0 Å². The summed E-state index contributed by atoms with van der Waals surface area (Å²) in [6, 6.07) is 0.456. The molecule has 1 aliphatic carbocycles. The molecule has 0 N–H and O–H groups in total. The minimum Gasteiger partial charge on any atom is -0.335 e. The van der Waals surface area contributed by atoms with Gasteiger partial charge in [0.15, 0.2) is 0 Å². The van der Waals surface area contributed by atoms with Crippen molar-refractivity contribution in [1.82, 2.24) is 14.5 Å². The van der Waals surface area contributed by atoms with Crippen molar-refractivity contribution in [2.45, 2.75) is 45.1 Å². The van der Waals surface area contributed by atoms with E-state index < -0.39 is 0 Å². The summed E-state index contributed by atoms with van der Waals surface area (Å²) in [5.41, 5.74) is 0. The highest BCUT2D eigenvalue weighted by molar-refractivity contribution is 7.07. The zero-order chi connectivity index (χ0) is 12.5. The van der Waals surface area contributed by atoms with E-state index in [1.807, 2.05) is 0 Å². The van der Waals surface area contributed by atoms with E-state index in [0.717, 1.165) is 18.9 Å². The van der Waals surface area contributed by atoms with Gasteiger partial charge in [-0.25, -0.2) is 0 Å². The van der Waals surface area contributed by atoms with Gasteiger partial charge < -0.3 is 4.90 Å². The monoisotopic (exact) mass is 265 g/mol. The maximum absolute atomic E-state index is 12.5. The Morgan fingerprint density at radius 2 is 2.22 bits per heavy atom. The van der Waals surface area contributed by atoms with Gasteiger partial charge in [0.25, 0.3) is 5.91 Å². The van der Waals surface area contributed by atoms with Gasteiger partial charge in [-0.2, -0.15) is 0 Å². The Bertz CT molecular complexity index is 420. The lowest BCUT2D eigenvalue weighted by Crippen LogP contribution is -2.52. The number of carbonyl (C=O) groups excluding carboxylic acids is 1. The predicted octanol–water partition coefficient (Wildman–Crippen LogP) is 2.58. The summed E-state index contributed by atoms with van der Waals surface area (Å²) >= 11 is 1.21. The van der Waals surface area contributed by atoms with Crippen LogP contribution in [0, 0.1) is 11.8 Å². The van der Waals surface area contributed by atoms with Gasteiger partial charge in [-0.1, -0.05) is 24.3 Å². The van der Waals surface area contributed by atoms with Crippen molar-refractivity contribution in [3.63, 3.8) is 0 Å². The highest BCUT2D eigenvalue weighted by Gasteiger charge is 2.39. The number of nitrogens with zero attached hydrogens (tertiary/aromatic N) is 3. The van der Waals surface area contributed by atoms with Crippen molar-refractivity contribution in [3.05, 3.63) is 11.1 Å². The fraction of sp³-hybridized carbons (Fsp3) is 0.769. The lowest BCUT2D eigenvalue weighted by molar-refractivity contribution is 0.0221. The molecule has 0 unspecified atom stereocenters. The second-order valence-corrected chi connectivity index (χ2v) is 6.35. The third-order valence-electron chi connectivity index (χ3n) is 4.57. The lowest BCUT2D eigenvalue weighted by Gasteiger charge is -2.47. The van der Waals surface area contributed by atoms with Crippen LogP contribution in [0.5, 0.6) is 0 Å². The first-order valence-electron chi connectivity index (χ1n) is 6.85. The summed E-state index contributed by atoms with van der Waals surface area (Å²) in [6.07, 6.45) is 7.79. The van der Waals surface area contributed by atoms with Crippen LogP contribution in [0.2, 0.25) is 0 Å². The minimum atomic E-state index is 0.147. The van der Waals surface area contributed by atoms with Crippen molar-refractivity contribution in [3.8, 4) is 0 Å². The van der Waals surface area contributed by atoms with Gasteiger partial charge in [-0.15, -0.1) is 5.10 Å². The Labute approximate surface area is 112 Å². The van der Waals surface area contributed by atoms with Gasteiger partial charge in [0.2, 0.25) is 0 Å². The van der Waals surface area contributed by atoms with E-state index in [1.165, 1.54) is 37.2 Å². The summed E-state index contributed by atoms with van der Waals surface area (Å²) in [6.45, 7) is 3.25. The molecule has 2 heterocycles. The van der Waals surface area contributed by atoms with Crippen LogP contribution in [0.1, 0.15) is 48.7 Å². The molecule has 2 fully saturated rings. The zero-order valence-electron chi connectivity index (χ0n) is 10.7.